The van der Waals surface area contributed by atoms with E-state index in [1.807, 2.05) is 31.2 Å². The van der Waals surface area contributed by atoms with Gasteiger partial charge in [-0.1, -0.05) is 25.1 Å². The molecule has 1 aromatic rings. The Bertz CT molecular complexity index is 353. The molecule has 0 aliphatic carbocycles. The molecule has 0 aromatic heterocycles. The van der Waals surface area contributed by atoms with E-state index in [0.29, 0.717) is 19.6 Å². The summed E-state index contributed by atoms with van der Waals surface area (Å²) in [6.07, 6.45) is 0.481. The Morgan fingerprint density at radius 1 is 1.35 bits per heavy atom. The van der Waals surface area contributed by atoms with Gasteiger partial charge in [-0.2, -0.15) is 0 Å². The second-order valence-corrected chi connectivity index (χ2v) is 3.74. The molecule has 0 aliphatic heterocycles. The van der Waals surface area contributed by atoms with Crippen molar-refractivity contribution < 1.29 is 9.53 Å². The number of hydrogen-bond donors (Lipinski definition) is 2. The third-order valence-corrected chi connectivity index (χ3v) is 2.37. The Kier molecular flexibility index (Phi) is 6.29. The summed E-state index contributed by atoms with van der Waals surface area (Å²) in [5, 5.41) is 6.01. The number of methoxy groups -OCH3 is 1. The zero-order valence-corrected chi connectivity index (χ0v) is 10.5. The van der Waals surface area contributed by atoms with Crippen molar-refractivity contribution in [3.8, 4) is 0 Å². The lowest BCUT2D eigenvalue weighted by Crippen LogP contribution is -2.21. The topological polar surface area (TPSA) is 50.4 Å². The van der Waals surface area contributed by atoms with Crippen molar-refractivity contribution in [2.75, 3.05) is 25.5 Å². The Morgan fingerprint density at radius 2 is 2.12 bits per heavy atom. The fourth-order valence-electron chi connectivity index (χ4n) is 1.52. The second kappa shape index (κ2) is 7.81. The van der Waals surface area contributed by atoms with E-state index in [1.54, 1.807) is 7.11 Å². The largest absolute Gasteiger partial charge is 0.380 e. The highest BCUT2D eigenvalue weighted by Crippen LogP contribution is 2.15. The zero-order valence-electron chi connectivity index (χ0n) is 10.5. The van der Waals surface area contributed by atoms with Crippen LogP contribution in [-0.2, 0) is 16.1 Å². The highest BCUT2D eigenvalue weighted by Gasteiger charge is 2.05. The molecule has 2 N–H and O–H groups in total. The van der Waals surface area contributed by atoms with Crippen LogP contribution in [0.3, 0.4) is 0 Å². The van der Waals surface area contributed by atoms with E-state index in [1.165, 1.54) is 0 Å². The fourth-order valence-corrected chi connectivity index (χ4v) is 1.52. The van der Waals surface area contributed by atoms with E-state index in [0.717, 1.165) is 17.8 Å². The lowest BCUT2D eigenvalue weighted by atomic mass is 10.2. The maximum Gasteiger partial charge on any atom is 0.225 e. The zero-order chi connectivity index (χ0) is 12.5. The third-order valence-electron chi connectivity index (χ3n) is 2.37. The molecule has 0 unspecified atom stereocenters. The lowest BCUT2D eigenvalue weighted by Gasteiger charge is -2.10. The third kappa shape index (κ3) is 4.97. The minimum Gasteiger partial charge on any atom is -0.380 e. The number of hydrogen-bond acceptors (Lipinski definition) is 3. The molecule has 0 radical (unpaired) electrons. The van der Waals surface area contributed by atoms with Gasteiger partial charge in [-0.25, -0.2) is 0 Å². The van der Waals surface area contributed by atoms with Crippen molar-refractivity contribution in [1.29, 1.82) is 0 Å². The van der Waals surface area contributed by atoms with Gasteiger partial charge in [-0.3, -0.25) is 4.79 Å². The van der Waals surface area contributed by atoms with Crippen LogP contribution < -0.4 is 10.6 Å². The predicted octanol–water partition coefficient (Wildman–Crippen LogP) is 1.77. The molecule has 0 atom stereocenters. The van der Waals surface area contributed by atoms with Crippen molar-refractivity contribution in [3.63, 3.8) is 0 Å². The molecule has 4 heteroatoms. The van der Waals surface area contributed by atoms with Crippen molar-refractivity contribution in [1.82, 2.24) is 5.32 Å². The van der Waals surface area contributed by atoms with E-state index in [9.17, 15) is 4.79 Å². The van der Waals surface area contributed by atoms with E-state index < -0.39 is 0 Å². The number of rotatable bonds is 7. The first kappa shape index (κ1) is 13.7. The summed E-state index contributed by atoms with van der Waals surface area (Å²) in [7, 11) is 1.64. The molecule has 0 bridgehead atoms. The van der Waals surface area contributed by atoms with Crippen LogP contribution in [0.25, 0.3) is 0 Å². The summed E-state index contributed by atoms with van der Waals surface area (Å²) in [6.45, 7) is 4.11. The smallest absolute Gasteiger partial charge is 0.225 e. The molecule has 1 amide bonds. The van der Waals surface area contributed by atoms with Crippen LogP contribution in [0, 0.1) is 0 Å². The lowest BCUT2D eigenvalue weighted by molar-refractivity contribution is -0.116. The van der Waals surface area contributed by atoms with Crippen molar-refractivity contribution in [2.24, 2.45) is 0 Å². The van der Waals surface area contributed by atoms with Gasteiger partial charge in [0, 0.05) is 31.3 Å². The first-order chi connectivity index (χ1) is 8.27. The van der Waals surface area contributed by atoms with Gasteiger partial charge in [-0.05, 0) is 12.6 Å². The van der Waals surface area contributed by atoms with E-state index in [2.05, 4.69) is 10.6 Å². The van der Waals surface area contributed by atoms with Crippen LogP contribution in [0.15, 0.2) is 24.3 Å². The van der Waals surface area contributed by atoms with Gasteiger partial charge < -0.3 is 15.4 Å². The number of benzene rings is 1. The summed E-state index contributed by atoms with van der Waals surface area (Å²) in [5.74, 6) is 0.0227. The van der Waals surface area contributed by atoms with Crippen LogP contribution in [-0.4, -0.2) is 26.1 Å². The highest BCUT2D eigenvalue weighted by molar-refractivity contribution is 5.91. The molecular formula is C13H20N2O2. The number of para-hydroxylation sites is 1. The Labute approximate surface area is 102 Å². The van der Waals surface area contributed by atoms with Gasteiger partial charge in [0.15, 0.2) is 0 Å². The Hall–Kier alpha value is -1.39. The van der Waals surface area contributed by atoms with E-state index in [-0.39, 0.29) is 5.91 Å². The highest BCUT2D eigenvalue weighted by atomic mass is 16.5. The van der Waals surface area contributed by atoms with Gasteiger partial charge in [0.05, 0.1) is 6.61 Å². The maximum atomic E-state index is 11.7. The number of nitrogens with one attached hydrogen (secondary N) is 2. The monoisotopic (exact) mass is 236 g/mol. The van der Waals surface area contributed by atoms with E-state index in [4.69, 9.17) is 4.74 Å². The number of ether oxygens (including phenoxy) is 1. The molecule has 0 saturated carbocycles. The normalized spacial score (nSPS) is 10.2. The quantitative estimate of drug-likeness (QED) is 0.709. The van der Waals surface area contributed by atoms with Crippen LogP contribution in [0.4, 0.5) is 5.69 Å². The van der Waals surface area contributed by atoms with Gasteiger partial charge >= 0.3 is 0 Å². The summed E-state index contributed by atoms with van der Waals surface area (Å²) >= 11 is 0. The average molecular weight is 236 g/mol. The summed E-state index contributed by atoms with van der Waals surface area (Å²) in [6, 6.07) is 7.67. The number of anilines is 1. The van der Waals surface area contributed by atoms with Crippen molar-refractivity contribution >= 4 is 11.6 Å². The Balaban J connectivity index is 2.52. The van der Waals surface area contributed by atoms with Crippen molar-refractivity contribution in [2.45, 2.75) is 20.0 Å². The molecule has 17 heavy (non-hydrogen) atoms. The average Bonchev–Trinajstić information content (AvgIpc) is 2.32. The molecule has 1 rings (SSSR count). The second-order valence-electron chi connectivity index (χ2n) is 3.74. The van der Waals surface area contributed by atoms with Crippen LogP contribution in [0.1, 0.15) is 18.9 Å². The summed E-state index contributed by atoms with van der Waals surface area (Å²) in [4.78, 5) is 11.7. The summed E-state index contributed by atoms with van der Waals surface area (Å²) < 4.78 is 5.09. The van der Waals surface area contributed by atoms with Gasteiger partial charge in [0.1, 0.15) is 0 Å². The number of amides is 1. The maximum absolute atomic E-state index is 11.7. The SMILES string of the molecule is CCNCCC(=O)Nc1ccccc1COC. The fraction of sp³-hybridized carbons (Fsp3) is 0.462. The number of carbonyl (C=O) groups is 1. The molecule has 4 nitrogen and oxygen atoms in total. The first-order valence-corrected chi connectivity index (χ1v) is 5.85. The predicted molar refractivity (Wildman–Crippen MR) is 68.9 cm³/mol. The van der Waals surface area contributed by atoms with Crippen LogP contribution in [0.5, 0.6) is 0 Å². The van der Waals surface area contributed by atoms with Gasteiger partial charge in [0.25, 0.3) is 0 Å². The standard InChI is InChI=1S/C13H20N2O2/c1-3-14-9-8-13(16)15-12-7-5-4-6-11(12)10-17-2/h4-7,14H,3,8-10H2,1-2H3,(H,15,16). The molecule has 0 fully saturated rings. The van der Waals surface area contributed by atoms with Gasteiger partial charge in [-0.15, -0.1) is 0 Å². The van der Waals surface area contributed by atoms with Crippen LogP contribution in [0.2, 0.25) is 0 Å². The van der Waals surface area contributed by atoms with Gasteiger partial charge in [0.2, 0.25) is 5.91 Å². The molecule has 0 aliphatic rings. The molecule has 0 spiro atoms. The van der Waals surface area contributed by atoms with Crippen LogP contribution >= 0.6 is 0 Å². The number of carbonyl (C=O) groups excluding carboxylic acids is 1. The minimum absolute atomic E-state index is 0.0227. The molecule has 0 saturated heterocycles. The molecular weight excluding hydrogens is 216 g/mol. The first-order valence-electron chi connectivity index (χ1n) is 5.85. The van der Waals surface area contributed by atoms with Crippen molar-refractivity contribution in [3.05, 3.63) is 29.8 Å². The molecule has 1 aromatic carbocycles. The molecule has 94 valence electrons. The van der Waals surface area contributed by atoms with E-state index >= 15 is 0 Å². The molecule has 0 heterocycles. The summed E-state index contributed by atoms with van der Waals surface area (Å²) in [5.41, 5.74) is 1.82. The minimum atomic E-state index is 0.0227. The Morgan fingerprint density at radius 3 is 2.82 bits per heavy atom.